The Morgan fingerprint density at radius 1 is 1.03 bits per heavy atom. The summed E-state index contributed by atoms with van der Waals surface area (Å²) < 4.78 is 13.1. The van der Waals surface area contributed by atoms with Crippen LogP contribution in [0.1, 0.15) is 31.8 Å². The Morgan fingerprint density at radius 2 is 1.81 bits per heavy atom. The number of amides is 2. The maximum absolute atomic E-state index is 13.1. The molecule has 1 aliphatic heterocycles. The minimum Gasteiger partial charge on any atom is -0.354 e. The van der Waals surface area contributed by atoms with Crippen LogP contribution in [0.5, 0.6) is 0 Å². The molecule has 152 valence electrons. The van der Waals surface area contributed by atoms with Gasteiger partial charge in [0, 0.05) is 28.6 Å². The van der Waals surface area contributed by atoms with Gasteiger partial charge in [0.2, 0.25) is 0 Å². The van der Waals surface area contributed by atoms with Gasteiger partial charge in [-0.1, -0.05) is 42.5 Å². The number of hydrogen-bond acceptors (Lipinski definition) is 3. The molecule has 4 aromatic rings. The van der Waals surface area contributed by atoms with Gasteiger partial charge in [-0.05, 0) is 35.4 Å². The predicted octanol–water partition coefficient (Wildman–Crippen LogP) is 3.98. The minimum absolute atomic E-state index is 0.243. The highest BCUT2D eigenvalue weighted by Gasteiger charge is 2.23. The van der Waals surface area contributed by atoms with Crippen molar-refractivity contribution in [1.29, 1.82) is 0 Å². The molecule has 0 bridgehead atoms. The standard InChI is InChI=1S/C24H17FN4O2/c25-17-8-6-14(7-9-17)12-26-23(30)16-10-18-21-19(13-27-29-24(18)31)22(28-20(21)11-16)15-4-2-1-3-5-15/h1-11,13,28H,12H2,(H,26,30)(H,29,31). The summed E-state index contributed by atoms with van der Waals surface area (Å²) in [5, 5.41) is 7.56. The molecule has 0 radical (unpaired) electrons. The first kappa shape index (κ1) is 18.7. The van der Waals surface area contributed by atoms with Crippen molar-refractivity contribution < 1.29 is 14.0 Å². The van der Waals surface area contributed by atoms with E-state index >= 15 is 0 Å². The third-order valence-corrected chi connectivity index (χ3v) is 5.23. The monoisotopic (exact) mass is 412 g/mol. The summed E-state index contributed by atoms with van der Waals surface area (Å²) in [6.07, 6.45) is 1.61. The van der Waals surface area contributed by atoms with Crippen molar-refractivity contribution in [3.8, 4) is 11.3 Å². The smallest absolute Gasteiger partial charge is 0.272 e. The van der Waals surface area contributed by atoms with E-state index in [1.165, 1.54) is 12.1 Å². The largest absolute Gasteiger partial charge is 0.354 e. The van der Waals surface area contributed by atoms with Gasteiger partial charge in [-0.25, -0.2) is 9.82 Å². The molecular formula is C24H17FN4O2. The van der Waals surface area contributed by atoms with E-state index in [1.54, 1.807) is 30.5 Å². The summed E-state index contributed by atoms with van der Waals surface area (Å²) in [7, 11) is 0. The normalized spacial score (nSPS) is 12.5. The molecule has 1 aromatic heterocycles. The fourth-order valence-corrected chi connectivity index (χ4v) is 3.73. The van der Waals surface area contributed by atoms with Crippen LogP contribution in [-0.2, 0) is 6.54 Å². The highest BCUT2D eigenvalue weighted by molar-refractivity contribution is 6.18. The van der Waals surface area contributed by atoms with Crippen molar-refractivity contribution in [3.63, 3.8) is 0 Å². The zero-order chi connectivity index (χ0) is 21.4. The minimum atomic E-state index is -0.383. The second-order valence-electron chi connectivity index (χ2n) is 7.23. The van der Waals surface area contributed by atoms with Crippen molar-refractivity contribution in [2.75, 3.05) is 0 Å². The number of hydrazone groups is 1. The lowest BCUT2D eigenvalue weighted by Gasteiger charge is -2.08. The lowest BCUT2D eigenvalue weighted by molar-refractivity contribution is 0.0951. The van der Waals surface area contributed by atoms with Gasteiger partial charge < -0.3 is 10.3 Å². The summed E-state index contributed by atoms with van der Waals surface area (Å²) in [5.41, 5.74) is 7.20. The third kappa shape index (κ3) is 3.46. The number of halogens is 1. The Bertz CT molecular complexity index is 1340. The number of benzene rings is 3. The maximum atomic E-state index is 13.1. The molecule has 0 aliphatic carbocycles. The molecule has 2 heterocycles. The number of carbonyl (C=O) groups is 2. The van der Waals surface area contributed by atoms with Crippen LogP contribution in [-0.4, -0.2) is 23.0 Å². The first-order valence-corrected chi connectivity index (χ1v) is 9.71. The highest BCUT2D eigenvalue weighted by atomic mass is 19.1. The van der Waals surface area contributed by atoms with E-state index in [4.69, 9.17) is 0 Å². The van der Waals surface area contributed by atoms with E-state index in [0.717, 1.165) is 22.4 Å². The van der Waals surface area contributed by atoms with E-state index in [9.17, 15) is 14.0 Å². The lowest BCUT2D eigenvalue weighted by Crippen LogP contribution is -2.24. The number of nitrogens with one attached hydrogen (secondary N) is 3. The summed E-state index contributed by atoms with van der Waals surface area (Å²) >= 11 is 0. The first-order valence-electron chi connectivity index (χ1n) is 9.71. The quantitative estimate of drug-likeness (QED) is 0.474. The number of H-pyrrole nitrogens is 1. The van der Waals surface area contributed by atoms with Gasteiger partial charge in [0.25, 0.3) is 11.8 Å². The van der Waals surface area contributed by atoms with Crippen LogP contribution in [0.4, 0.5) is 4.39 Å². The predicted molar refractivity (Wildman–Crippen MR) is 116 cm³/mol. The van der Waals surface area contributed by atoms with Crippen LogP contribution < -0.4 is 10.7 Å². The molecule has 7 heteroatoms. The zero-order valence-electron chi connectivity index (χ0n) is 16.3. The van der Waals surface area contributed by atoms with Crippen molar-refractivity contribution >= 4 is 28.9 Å². The zero-order valence-corrected chi connectivity index (χ0v) is 16.3. The van der Waals surface area contributed by atoms with Crippen LogP contribution in [0.25, 0.3) is 22.2 Å². The topological polar surface area (TPSA) is 86.3 Å². The van der Waals surface area contributed by atoms with Crippen LogP contribution in [0.2, 0.25) is 0 Å². The molecule has 0 spiro atoms. The molecule has 1 aliphatic rings. The van der Waals surface area contributed by atoms with Gasteiger partial charge in [0.15, 0.2) is 0 Å². The van der Waals surface area contributed by atoms with Crippen molar-refractivity contribution in [1.82, 2.24) is 15.7 Å². The number of carbonyl (C=O) groups excluding carboxylic acids is 2. The summed E-state index contributed by atoms with van der Waals surface area (Å²) in [5.74, 6) is -1.05. The second kappa shape index (κ2) is 7.53. The SMILES string of the molecule is O=C(NCc1ccc(F)cc1)c1cc2c3c(c(-c4ccccc4)[nH]c3c1)C=NNC2=O. The average molecular weight is 412 g/mol. The van der Waals surface area contributed by atoms with Crippen LogP contribution in [0, 0.1) is 5.82 Å². The molecule has 0 saturated carbocycles. The Labute approximate surface area is 176 Å². The number of nitrogens with zero attached hydrogens (tertiary/aromatic N) is 1. The molecule has 0 saturated heterocycles. The molecule has 0 unspecified atom stereocenters. The van der Waals surface area contributed by atoms with Gasteiger partial charge in [-0.15, -0.1) is 0 Å². The van der Waals surface area contributed by atoms with Crippen LogP contribution in [0.3, 0.4) is 0 Å². The molecule has 3 N–H and O–H groups in total. The van der Waals surface area contributed by atoms with Gasteiger partial charge in [0.05, 0.1) is 17.5 Å². The lowest BCUT2D eigenvalue weighted by atomic mass is 10.00. The molecule has 6 nitrogen and oxygen atoms in total. The Hall–Kier alpha value is -4.26. The van der Waals surface area contributed by atoms with E-state index in [-0.39, 0.29) is 24.2 Å². The van der Waals surface area contributed by atoms with E-state index < -0.39 is 0 Å². The van der Waals surface area contributed by atoms with Crippen LogP contribution in [0.15, 0.2) is 71.8 Å². The molecule has 5 rings (SSSR count). The van der Waals surface area contributed by atoms with E-state index in [2.05, 4.69) is 20.8 Å². The number of hydrogen-bond donors (Lipinski definition) is 3. The van der Waals surface area contributed by atoms with Crippen LogP contribution >= 0.6 is 0 Å². The molecule has 31 heavy (non-hydrogen) atoms. The van der Waals surface area contributed by atoms with E-state index in [0.29, 0.717) is 22.0 Å². The summed E-state index contributed by atoms with van der Waals surface area (Å²) in [6, 6.07) is 18.9. The average Bonchev–Trinajstić information content (AvgIpc) is 3.07. The van der Waals surface area contributed by atoms with Crippen molar-refractivity contribution in [3.05, 3.63) is 94.8 Å². The molecule has 3 aromatic carbocycles. The fourth-order valence-electron chi connectivity index (χ4n) is 3.73. The summed E-state index contributed by atoms with van der Waals surface area (Å²) in [6.45, 7) is 0.243. The van der Waals surface area contributed by atoms with Crippen molar-refractivity contribution in [2.24, 2.45) is 5.10 Å². The Balaban J connectivity index is 1.55. The molecular weight excluding hydrogens is 395 g/mol. The number of rotatable bonds is 4. The fraction of sp³-hybridized carbons (Fsp3) is 0.0417. The van der Waals surface area contributed by atoms with Gasteiger partial charge in [-0.2, -0.15) is 5.10 Å². The van der Waals surface area contributed by atoms with E-state index in [1.807, 2.05) is 30.3 Å². The molecule has 2 amide bonds. The maximum Gasteiger partial charge on any atom is 0.272 e. The van der Waals surface area contributed by atoms with Crippen molar-refractivity contribution in [2.45, 2.75) is 6.54 Å². The molecule has 0 fully saturated rings. The van der Waals surface area contributed by atoms with Gasteiger partial charge in [0.1, 0.15) is 5.82 Å². The highest BCUT2D eigenvalue weighted by Crippen LogP contribution is 2.33. The molecule has 0 atom stereocenters. The number of aromatic nitrogens is 1. The Kier molecular flexibility index (Phi) is 4.55. The van der Waals surface area contributed by atoms with Gasteiger partial charge in [-0.3, -0.25) is 9.59 Å². The summed E-state index contributed by atoms with van der Waals surface area (Å²) in [4.78, 5) is 28.8. The van der Waals surface area contributed by atoms with Gasteiger partial charge >= 0.3 is 0 Å². The number of aromatic amines is 1. The second-order valence-corrected chi connectivity index (χ2v) is 7.23. The first-order chi connectivity index (χ1) is 15.1. The third-order valence-electron chi connectivity index (χ3n) is 5.23. The Morgan fingerprint density at radius 3 is 2.58 bits per heavy atom.